The Morgan fingerprint density at radius 2 is 1.47 bits per heavy atom. The lowest BCUT2D eigenvalue weighted by Crippen LogP contribution is -2.25. The van der Waals surface area contributed by atoms with Crippen LogP contribution in [0.5, 0.6) is 0 Å². The molecule has 0 unspecified atom stereocenters. The second-order valence-electron chi connectivity index (χ2n) is 6.83. The molecular weight excluding hydrogens is 324 g/mol. The molecule has 0 bridgehead atoms. The highest BCUT2D eigenvalue weighted by Gasteiger charge is 2.27. The van der Waals surface area contributed by atoms with Crippen LogP contribution >= 0.6 is 15.9 Å². The first-order valence-electron chi connectivity index (χ1n) is 6.37. The van der Waals surface area contributed by atoms with Gasteiger partial charge in [-0.3, -0.25) is 0 Å². The highest BCUT2D eigenvalue weighted by molar-refractivity contribution is 9.09. The quantitative estimate of drug-likeness (QED) is 0.766. The molecule has 108 valence electrons. The highest BCUT2D eigenvalue weighted by atomic mass is 79.9. The minimum absolute atomic E-state index is 0.0391. The van der Waals surface area contributed by atoms with Gasteiger partial charge in [0.15, 0.2) is 9.84 Å². The van der Waals surface area contributed by atoms with Crippen LogP contribution in [0.4, 0.5) is 0 Å². The molecule has 1 aromatic carbocycles. The number of hydrogen-bond donors (Lipinski definition) is 0. The summed E-state index contributed by atoms with van der Waals surface area (Å²) in [6, 6.07) is 7.27. The number of alkyl halides is 1. The van der Waals surface area contributed by atoms with Crippen LogP contribution < -0.4 is 0 Å². The molecule has 1 rings (SSSR count). The predicted molar refractivity (Wildman–Crippen MR) is 84.8 cm³/mol. The summed E-state index contributed by atoms with van der Waals surface area (Å²) in [5, 5.41) is 0.666. The smallest absolute Gasteiger partial charge is 0.178 e. The van der Waals surface area contributed by atoms with E-state index in [0.29, 0.717) is 10.2 Å². The van der Waals surface area contributed by atoms with Crippen molar-refractivity contribution in [2.45, 2.75) is 44.9 Å². The van der Waals surface area contributed by atoms with Crippen molar-refractivity contribution in [2.24, 2.45) is 5.41 Å². The molecule has 0 amide bonds. The largest absolute Gasteiger partial charge is 0.224 e. The predicted octanol–water partition coefficient (Wildman–Crippen LogP) is 4.18. The van der Waals surface area contributed by atoms with Gasteiger partial charge in [-0.25, -0.2) is 8.42 Å². The van der Waals surface area contributed by atoms with Crippen LogP contribution in [0.25, 0.3) is 0 Å². The minimum atomic E-state index is -3.22. The number of rotatable bonds is 4. The molecule has 0 aliphatic heterocycles. The fraction of sp³-hybridized carbons (Fsp3) is 0.600. The van der Waals surface area contributed by atoms with E-state index >= 15 is 0 Å². The summed E-state index contributed by atoms with van der Waals surface area (Å²) in [5.74, 6) is 0.153. The van der Waals surface area contributed by atoms with Crippen molar-refractivity contribution in [1.82, 2.24) is 0 Å². The molecule has 0 aromatic heterocycles. The number of halogens is 1. The Kier molecular flexibility index (Phi) is 4.89. The van der Waals surface area contributed by atoms with Gasteiger partial charge in [0.25, 0.3) is 0 Å². The van der Waals surface area contributed by atoms with E-state index in [4.69, 9.17) is 0 Å². The first-order chi connectivity index (χ1) is 8.48. The average molecular weight is 347 g/mol. The first-order valence-corrected chi connectivity index (χ1v) is 9.15. The van der Waals surface area contributed by atoms with Gasteiger partial charge >= 0.3 is 0 Å². The number of sulfone groups is 1. The molecule has 0 saturated carbocycles. The van der Waals surface area contributed by atoms with Gasteiger partial charge in [-0.05, 0) is 28.5 Å². The summed E-state index contributed by atoms with van der Waals surface area (Å²) in [6.07, 6.45) is 0. The third-order valence-electron chi connectivity index (χ3n) is 3.02. The monoisotopic (exact) mass is 346 g/mol. The van der Waals surface area contributed by atoms with Gasteiger partial charge in [-0.2, -0.15) is 0 Å². The molecule has 19 heavy (non-hydrogen) atoms. The Morgan fingerprint density at radius 3 is 1.84 bits per heavy atom. The Balaban J connectivity index is 3.04. The summed E-state index contributed by atoms with van der Waals surface area (Å²) >= 11 is 3.37. The van der Waals surface area contributed by atoms with Crippen LogP contribution in [-0.2, 0) is 15.3 Å². The molecule has 0 heterocycles. The lowest BCUT2D eigenvalue weighted by Gasteiger charge is -2.22. The van der Waals surface area contributed by atoms with Gasteiger partial charge in [0.05, 0.1) is 10.6 Å². The van der Waals surface area contributed by atoms with E-state index in [1.807, 2.05) is 26.0 Å². The van der Waals surface area contributed by atoms with Crippen molar-refractivity contribution in [2.75, 3.05) is 11.1 Å². The van der Waals surface area contributed by atoms with Crippen LogP contribution in [0.15, 0.2) is 29.2 Å². The zero-order valence-electron chi connectivity index (χ0n) is 12.3. The molecule has 0 aliphatic carbocycles. The molecule has 0 spiro atoms. The van der Waals surface area contributed by atoms with Crippen LogP contribution in [0, 0.1) is 5.41 Å². The molecule has 2 nitrogen and oxygen atoms in total. The van der Waals surface area contributed by atoms with E-state index in [1.165, 1.54) is 0 Å². The van der Waals surface area contributed by atoms with Crippen molar-refractivity contribution in [3.05, 3.63) is 29.8 Å². The second kappa shape index (κ2) is 5.57. The van der Waals surface area contributed by atoms with Crippen molar-refractivity contribution in [3.8, 4) is 0 Å². The maximum Gasteiger partial charge on any atom is 0.178 e. The van der Waals surface area contributed by atoms with Crippen LogP contribution in [0.1, 0.15) is 40.2 Å². The molecule has 4 heteroatoms. The lowest BCUT2D eigenvalue weighted by molar-refractivity contribution is 0.474. The Labute approximate surface area is 125 Å². The topological polar surface area (TPSA) is 34.1 Å². The van der Waals surface area contributed by atoms with Crippen LogP contribution in [-0.4, -0.2) is 19.5 Å². The standard InChI is InChI=1S/C15H23BrO2S/c1-14(2,3)12-6-8-13(9-7-12)19(17,18)11-15(4,5)10-16/h6-9H,10-11H2,1-5H3. The molecule has 0 radical (unpaired) electrons. The SMILES string of the molecule is CC(C)(CBr)CS(=O)(=O)c1ccc(C(C)(C)C)cc1. The van der Waals surface area contributed by atoms with E-state index in [2.05, 4.69) is 36.7 Å². The van der Waals surface area contributed by atoms with Gasteiger partial charge in [0.1, 0.15) is 0 Å². The average Bonchev–Trinajstić information content (AvgIpc) is 2.27. The third kappa shape index (κ3) is 4.60. The fourth-order valence-electron chi connectivity index (χ4n) is 1.80. The van der Waals surface area contributed by atoms with E-state index in [1.54, 1.807) is 12.1 Å². The summed E-state index contributed by atoms with van der Waals surface area (Å²) in [4.78, 5) is 0.412. The fourth-order valence-corrected chi connectivity index (χ4v) is 4.11. The normalized spacial score (nSPS) is 13.6. The summed E-state index contributed by atoms with van der Waals surface area (Å²) in [7, 11) is -3.22. The van der Waals surface area contributed by atoms with Crippen molar-refractivity contribution < 1.29 is 8.42 Å². The Hall–Kier alpha value is -0.350. The maximum atomic E-state index is 12.3. The molecule has 0 saturated heterocycles. The van der Waals surface area contributed by atoms with Crippen molar-refractivity contribution >= 4 is 25.8 Å². The van der Waals surface area contributed by atoms with Gasteiger partial charge in [0, 0.05) is 5.33 Å². The van der Waals surface area contributed by atoms with Crippen molar-refractivity contribution in [1.29, 1.82) is 0 Å². The molecule has 0 aliphatic rings. The van der Waals surface area contributed by atoms with Gasteiger partial charge in [0.2, 0.25) is 0 Å². The number of hydrogen-bond acceptors (Lipinski definition) is 2. The summed E-state index contributed by atoms with van der Waals surface area (Å²) in [6.45, 7) is 10.2. The van der Waals surface area contributed by atoms with E-state index in [-0.39, 0.29) is 16.6 Å². The molecule has 0 atom stereocenters. The number of benzene rings is 1. The van der Waals surface area contributed by atoms with E-state index < -0.39 is 9.84 Å². The van der Waals surface area contributed by atoms with Gasteiger partial charge < -0.3 is 0 Å². The Morgan fingerprint density at radius 1 is 1.00 bits per heavy atom. The summed E-state index contributed by atoms with van der Waals surface area (Å²) < 4.78 is 24.7. The maximum absolute atomic E-state index is 12.3. The second-order valence-corrected chi connectivity index (χ2v) is 9.38. The lowest BCUT2D eigenvalue weighted by atomic mass is 9.87. The van der Waals surface area contributed by atoms with Gasteiger partial charge in [-0.1, -0.05) is 62.7 Å². The van der Waals surface area contributed by atoms with Crippen LogP contribution in [0.2, 0.25) is 0 Å². The minimum Gasteiger partial charge on any atom is -0.224 e. The van der Waals surface area contributed by atoms with Gasteiger partial charge in [-0.15, -0.1) is 0 Å². The highest BCUT2D eigenvalue weighted by Crippen LogP contribution is 2.27. The molecule has 0 fully saturated rings. The zero-order valence-corrected chi connectivity index (χ0v) is 14.7. The molecular formula is C15H23BrO2S. The zero-order chi connectivity index (χ0) is 14.9. The van der Waals surface area contributed by atoms with Crippen molar-refractivity contribution in [3.63, 3.8) is 0 Å². The molecule has 0 N–H and O–H groups in total. The third-order valence-corrected chi connectivity index (χ3v) is 6.69. The first kappa shape index (κ1) is 16.7. The summed E-state index contributed by atoms with van der Waals surface area (Å²) in [5.41, 5.74) is 0.921. The Bertz CT molecular complexity index is 522. The molecule has 1 aromatic rings. The van der Waals surface area contributed by atoms with E-state index in [0.717, 1.165) is 5.56 Å². The van der Waals surface area contributed by atoms with Crippen LogP contribution in [0.3, 0.4) is 0 Å². The van der Waals surface area contributed by atoms with E-state index in [9.17, 15) is 8.42 Å².